The molecule has 108 valence electrons. The fourth-order valence-electron chi connectivity index (χ4n) is 1.50. The smallest absolute Gasteiger partial charge is 0.313 e. The first-order valence-corrected chi connectivity index (χ1v) is 6.19. The monoisotopic (exact) mass is 287 g/mol. The Balaban J connectivity index is 2.18. The largest absolute Gasteiger partial charge is 0.478 e. The fourth-order valence-corrected chi connectivity index (χ4v) is 1.50. The van der Waals surface area contributed by atoms with Crippen LogP contribution in [0.15, 0.2) is 41.6 Å². The first kappa shape index (κ1) is 14.4. The van der Waals surface area contributed by atoms with Crippen molar-refractivity contribution in [2.24, 2.45) is 5.10 Å². The maximum atomic E-state index is 10.9. The van der Waals surface area contributed by atoms with Gasteiger partial charge in [0.15, 0.2) is 0 Å². The Kier molecular flexibility index (Phi) is 4.75. The van der Waals surface area contributed by atoms with E-state index in [0.29, 0.717) is 18.2 Å². The van der Waals surface area contributed by atoms with Gasteiger partial charge in [0.25, 0.3) is 0 Å². The van der Waals surface area contributed by atoms with Crippen LogP contribution in [-0.4, -0.2) is 27.7 Å². The van der Waals surface area contributed by atoms with Crippen LogP contribution < -0.4 is 10.2 Å². The molecule has 0 saturated heterocycles. The highest BCUT2D eigenvalue weighted by molar-refractivity contribution is 5.77. The molecular formula is C13H13N5O3. The van der Waals surface area contributed by atoms with Gasteiger partial charge in [-0.1, -0.05) is 6.07 Å². The molecule has 0 unspecified atom stereocenters. The molecular weight excluding hydrogens is 274 g/mol. The second kappa shape index (κ2) is 6.94. The SMILES string of the molecule is CCOc1ccc([N+](=O)[O-])c(N/N=C/c2ccccn2)n1. The summed E-state index contributed by atoms with van der Waals surface area (Å²) >= 11 is 0. The maximum absolute atomic E-state index is 10.9. The molecule has 0 aliphatic heterocycles. The Morgan fingerprint density at radius 3 is 2.95 bits per heavy atom. The number of aromatic nitrogens is 2. The van der Waals surface area contributed by atoms with Crippen molar-refractivity contribution < 1.29 is 9.66 Å². The lowest BCUT2D eigenvalue weighted by atomic mass is 10.4. The third-order valence-electron chi connectivity index (χ3n) is 2.39. The first-order valence-electron chi connectivity index (χ1n) is 6.19. The quantitative estimate of drug-likeness (QED) is 0.496. The first-order chi connectivity index (χ1) is 10.2. The zero-order valence-electron chi connectivity index (χ0n) is 11.3. The third kappa shape index (κ3) is 3.96. The Hall–Kier alpha value is -3.03. The zero-order valence-corrected chi connectivity index (χ0v) is 11.3. The summed E-state index contributed by atoms with van der Waals surface area (Å²) in [6.07, 6.45) is 3.07. The normalized spacial score (nSPS) is 10.5. The van der Waals surface area contributed by atoms with Crippen LogP contribution in [0, 0.1) is 10.1 Å². The number of ether oxygens (including phenoxy) is 1. The van der Waals surface area contributed by atoms with Crippen LogP contribution in [0.4, 0.5) is 11.5 Å². The lowest BCUT2D eigenvalue weighted by Crippen LogP contribution is -2.02. The van der Waals surface area contributed by atoms with Crippen molar-refractivity contribution in [3.8, 4) is 5.88 Å². The molecule has 0 aromatic carbocycles. The molecule has 0 spiro atoms. The minimum atomic E-state index is -0.540. The van der Waals surface area contributed by atoms with Crippen LogP contribution in [0.3, 0.4) is 0 Å². The summed E-state index contributed by atoms with van der Waals surface area (Å²) in [5.41, 5.74) is 2.97. The minimum absolute atomic E-state index is 0.0122. The molecule has 2 aromatic rings. The Bertz CT molecular complexity index is 646. The van der Waals surface area contributed by atoms with Crippen molar-refractivity contribution in [2.75, 3.05) is 12.0 Å². The van der Waals surface area contributed by atoms with E-state index in [2.05, 4.69) is 20.5 Å². The summed E-state index contributed by atoms with van der Waals surface area (Å²) in [5, 5.41) is 14.8. The van der Waals surface area contributed by atoms with E-state index >= 15 is 0 Å². The molecule has 0 saturated carbocycles. The van der Waals surface area contributed by atoms with Gasteiger partial charge in [-0.15, -0.1) is 0 Å². The molecule has 2 rings (SSSR count). The van der Waals surface area contributed by atoms with Crippen LogP contribution in [0.2, 0.25) is 0 Å². The highest BCUT2D eigenvalue weighted by Gasteiger charge is 2.16. The highest BCUT2D eigenvalue weighted by Crippen LogP contribution is 2.24. The van der Waals surface area contributed by atoms with Crippen LogP contribution in [0.1, 0.15) is 12.6 Å². The second-order valence-electron chi connectivity index (χ2n) is 3.83. The summed E-state index contributed by atoms with van der Waals surface area (Å²) in [5.74, 6) is 0.303. The van der Waals surface area contributed by atoms with Crippen LogP contribution >= 0.6 is 0 Å². The number of hydrogen-bond donors (Lipinski definition) is 1. The number of rotatable bonds is 6. The van der Waals surface area contributed by atoms with E-state index in [1.807, 2.05) is 6.07 Å². The molecule has 0 fully saturated rings. The average Bonchev–Trinajstić information content (AvgIpc) is 2.49. The molecule has 8 heteroatoms. The molecule has 0 atom stereocenters. The van der Waals surface area contributed by atoms with Gasteiger partial charge >= 0.3 is 5.69 Å². The van der Waals surface area contributed by atoms with Crippen molar-refractivity contribution in [3.63, 3.8) is 0 Å². The van der Waals surface area contributed by atoms with E-state index in [4.69, 9.17) is 4.74 Å². The zero-order chi connectivity index (χ0) is 15.1. The molecule has 0 aliphatic carbocycles. The van der Waals surface area contributed by atoms with Crippen molar-refractivity contribution in [2.45, 2.75) is 6.92 Å². The predicted octanol–water partition coefficient (Wildman–Crippen LogP) is 2.23. The lowest BCUT2D eigenvalue weighted by Gasteiger charge is -2.05. The molecule has 2 aromatic heterocycles. The van der Waals surface area contributed by atoms with E-state index < -0.39 is 4.92 Å². The van der Waals surface area contributed by atoms with E-state index in [1.165, 1.54) is 18.3 Å². The molecule has 0 bridgehead atoms. The summed E-state index contributed by atoms with van der Waals surface area (Å²) in [7, 11) is 0. The number of hydrogen-bond acceptors (Lipinski definition) is 7. The van der Waals surface area contributed by atoms with E-state index in [1.54, 1.807) is 25.3 Å². The number of nitrogens with one attached hydrogen (secondary N) is 1. The van der Waals surface area contributed by atoms with Gasteiger partial charge in [-0.2, -0.15) is 10.1 Å². The van der Waals surface area contributed by atoms with Gasteiger partial charge in [-0.25, -0.2) is 0 Å². The third-order valence-corrected chi connectivity index (χ3v) is 2.39. The van der Waals surface area contributed by atoms with Crippen LogP contribution in [0.25, 0.3) is 0 Å². The van der Waals surface area contributed by atoms with Crippen molar-refractivity contribution in [1.29, 1.82) is 0 Å². The average molecular weight is 287 g/mol. The highest BCUT2D eigenvalue weighted by atomic mass is 16.6. The lowest BCUT2D eigenvalue weighted by molar-refractivity contribution is -0.384. The van der Waals surface area contributed by atoms with E-state index in [9.17, 15) is 10.1 Å². The molecule has 0 amide bonds. The molecule has 1 N–H and O–H groups in total. The topological polar surface area (TPSA) is 103 Å². The molecule has 0 aliphatic rings. The summed E-state index contributed by atoms with van der Waals surface area (Å²) in [6, 6.07) is 8.10. The number of hydrazone groups is 1. The van der Waals surface area contributed by atoms with Gasteiger partial charge in [-0.05, 0) is 19.1 Å². The summed E-state index contributed by atoms with van der Waals surface area (Å²) in [6.45, 7) is 2.22. The Morgan fingerprint density at radius 1 is 1.43 bits per heavy atom. The van der Waals surface area contributed by atoms with Gasteiger partial charge in [0.05, 0.1) is 23.4 Å². The predicted molar refractivity (Wildman–Crippen MR) is 77.5 cm³/mol. The molecule has 2 heterocycles. The number of nitro groups is 1. The standard InChI is InChI=1S/C13H13N5O3/c1-2-21-12-7-6-11(18(19)20)13(16-12)17-15-9-10-5-3-4-8-14-10/h3-9H,2H2,1H3,(H,16,17)/b15-9+. The van der Waals surface area contributed by atoms with Crippen LogP contribution in [0.5, 0.6) is 5.88 Å². The number of nitrogens with zero attached hydrogens (tertiary/aromatic N) is 4. The van der Waals surface area contributed by atoms with Crippen molar-refractivity contribution in [3.05, 3.63) is 52.3 Å². The van der Waals surface area contributed by atoms with Crippen LogP contribution in [-0.2, 0) is 0 Å². The van der Waals surface area contributed by atoms with Gasteiger partial charge in [0.2, 0.25) is 11.7 Å². The van der Waals surface area contributed by atoms with Crippen molar-refractivity contribution in [1.82, 2.24) is 9.97 Å². The number of pyridine rings is 2. The van der Waals surface area contributed by atoms with Gasteiger partial charge in [-0.3, -0.25) is 20.5 Å². The molecule has 21 heavy (non-hydrogen) atoms. The summed E-state index contributed by atoms with van der Waals surface area (Å²) < 4.78 is 5.21. The molecule has 0 radical (unpaired) electrons. The summed E-state index contributed by atoms with van der Waals surface area (Å²) in [4.78, 5) is 18.5. The fraction of sp³-hybridized carbons (Fsp3) is 0.154. The van der Waals surface area contributed by atoms with E-state index in [0.717, 1.165) is 0 Å². The minimum Gasteiger partial charge on any atom is -0.478 e. The van der Waals surface area contributed by atoms with Gasteiger partial charge < -0.3 is 4.74 Å². The van der Waals surface area contributed by atoms with Crippen molar-refractivity contribution >= 4 is 17.7 Å². The van der Waals surface area contributed by atoms with Gasteiger partial charge in [0, 0.05) is 18.3 Å². The second-order valence-corrected chi connectivity index (χ2v) is 3.83. The Morgan fingerprint density at radius 2 is 2.29 bits per heavy atom. The maximum Gasteiger partial charge on any atom is 0.313 e. The number of anilines is 1. The van der Waals surface area contributed by atoms with Gasteiger partial charge in [0.1, 0.15) is 0 Å². The molecule has 8 nitrogen and oxygen atoms in total. The Labute approximate surface area is 120 Å². The van der Waals surface area contributed by atoms with E-state index in [-0.39, 0.29) is 11.5 Å².